The van der Waals surface area contributed by atoms with Gasteiger partial charge in [-0.1, -0.05) is 60.1 Å². The summed E-state index contributed by atoms with van der Waals surface area (Å²) >= 11 is 0. The van der Waals surface area contributed by atoms with Gasteiger partial charge in [0.2, 0.25) is 0 Å². The van der Waals surface area contributed by atoms with Crippen LogP contribution in [0.2, 0.25) is 0 Å². The van der Waals surface area contributed by atoms with E-state index < -0.39 is 0 Å². The first-order valence-electron chi connectivity index (χ1n) is 8.19. The van der Waals surface area contributed by atoms with Crippen molar-refractivity contribution in [2.45, 2.75) is 19.4 Å². The summed E-state index contributed by atoms with van der Waals surface area (Å²) in [7, 11) is 0. The Balaban J connectivity index is 1.68. The minimum atomic E-state index is -0.0280. The van der Waals surface area contributed by atoms with E-state index in [-0.39, 0.29) is 5.54 Å². The van der Waals surface area contributed by atoms with Crippen LogP contribution in [0, 0.1) is 23.7 Å². The highest BCUT2D eigenvalue weighted by molar-refractivity contribution is 5.34. The Hall–Kier alpha value is -2.52. The summed E-state index contributed by atoms with van der Waals surface area (Å²) in [5.41, 5.74) is 2.07. The van der Waals surface area contributed by atoms with Gasteiger partial charge < -0.3 is 5.32 Å². The Morgan fingerprint density at radius 2 is 1.25 bits per heavy atom. The van der Waals surface area contributed by atoms with Crippen molar-refractivity contribution >= 4 is 0 Å². The van der Waals surface area contributed by atoms with Crippen molar-refractivity contribution in [2.75, 3.05) is 19.6 Å². The van der Waals surface area contributed by atoms with E-state index in [2.05, 4.69) is 48.2 Å². The molecular formula is C22H24N2. The van der Waals surface area contributed by atoms with E-state index in [1.807, 2.05) is 60.7 Å². The van der Waals surface area contributed by atoms with E-state index in [1.54, 1.807) is 0 Å². The molecule has 0 saturated carbocycles. The van der Waals surface area contributed by atoms with Crippen LogP contribution in [-0.4, -0.2) is 25.2 Å². The lowest BCUT2D eigenvalue weighted by atomic mass is 10.1. The second-order valence-corrected chi connectivity index (χ2v) is 6.18. The molecule has 0 bridgehead atoms. The first-order valence-corrected chi connectivity index (χ1v) is 8.19. The first-order chi connectivity index (χ1) is 11.7. The molecule has 0 spiro atoms. The number of hydrogen-bond donors (Lipinski definition) is 2. The fraction of sp³-hybridized carbons (Fsp3) is 0.273. The maximum Gasteiger partial charge on any atom is 0.0584 e. The van der Waals surface area contributed by atoms with Gasteiger partial charge in [0.05, 0.1) is 13.1 Å². The molecule has 0 aliphatic rings. The number of rotatable bonds is 5. The average molecular weight is 316 g/mol. The first kappa shape index (κ1) is 17.8. The SMILES string of the molecule is CC(C)(CNCC#Cc1ccccc1)NCC#Cc1ccccc1. The molecule has 2 aromatic carbocycles. The summed E-state index contributed by atoms with van der Waals surface area (Å²) in [6.45, 7) is 6.50. The van der Waals surface area contributed by atoms with E-state index in [0.717, 1.165) is 17.7 Å². The molecule has 2 nitrogen and oxygen atoms in total. The molecule has 0 unspecified atom stereocenters. The van der Waals surface area contributed by atoms with Gasteiger partial charge in [0.15, 0.2) is 0 Å². The van der Waals surface area contributed by atoms with Crippen LogP contribution in [0.15, 0.2) is 60.7 Å². The smallest absolute Gasteiger partial charge is 0.0584 e. The molecule has 2 N–H and O–H groups in total. The number of benzene rings is 2. The summed E-state index contributed by atoms with van der Waals surface area (Å²) < 4.78 is 0. The van der Waals surface area contributed by atoms with Crippen molar-refractivity contribution < 1.29 is 0 Å². The van der Waals surface area contributed by atoms with E-state index >= 15 is 0 Å². The number of nitrogens with one attached hydrogen (secondary N) is 2. The van der Waals surface area contributed by atoms with Crippen LogP contribution in [0.1, 0.15) is 25.0 Å². The van der Waals surface area contributed by atoms with Gasteiger partial charge in [-0.25, -0.2) is 0 Å². The second kappa shape index (κ2) is 9.58. The molecule has 0 saturated heterocycles. The molecule has 122 valence electrons. The van der Waals surface area contributed by atoms with Crippen molar-refractivity contribution in [1.29, 1.82) is 0 Å². The van der Waals surface area contributed by atoms with E-state index in [4.69, 9.17) is 0 Å². The Bertz CT molecular complexity index is 726. The summed E-state index contributed by atoms with van der Waals surface area (Å²) in [6.07, 6.45) is 0. The summed E-state index contributed by atoms with van der Waals surface area (Å²) in [6, 6.07) is 20.1. The summed E-state index contributed by atoms with van der Waals surface area (Å²) in [4.78, 5) is 0. The molecule has 24 heavy (non-hydrogen) atoms. The quantitative estimate of drug-likeness (QED) is 0.654. The van der Waals surface area contributed by atoms with E-state index in [1.165, 1.54) is 0 Å². The normalized spacial score (nSPS) is 10.2. The van der Waals surface area contributed by atoms with Gasteiger partial charge in [0.25, 0.3) is 0 Å². The van der Waals surface area contributed by atoms with E-state index in [0.29, 0.717) is 13.1 Å². The lowest BCUT2D eigenvalue weighted by Crippen LogP contribution is -2.47. The molecule has 0 amide bonds. The third-order valence-corrected chi connectivity index (χ3v) is 3.45. The summed E-state index contributed by atoms with van der Waals surface area (Å²) in [5, 5.41) is 6.82. The predicted octanol–water partition coefficient (Wildman–Crippen LogP) is 3.05. The van der Waals surface area contributed by atoms with Crippen molar-refractivity contribution in [3.05, 3.63) is 71.8 Å². The Morgan fingerprint density at radius 1 is 0.750 bits per heavy atom. The average Bonchev–Trinajstić information content (AvgIpc) is 2.60. The molecule has 0 aliphatic heterocycles. The van der Waals surface area contributed by atoms with Crippen LogP contribution in [0.3, 0.4) is 0 Å². The van der Waals surface area contributed by atoms with Gasteiger partial charge in [-0.3, -0.25) is 5.32 Å². The topological polar surface area (TPSA) is 24.1 Å². The largest absolute Gasteiger partial charge is 0.304 e. The van der Waals surface area contributed by atoms with Crippen molar-refractivity contribution in [1.82, 2.24) is 10.6 Å². The van der Waals surface area contributed by atoms with Gasteiger partial charge in [0, 0.05) is 23.2 Å². The van der Waals surface area contributed by atoms with Crippen molar-refractivity contribution in [3.63, 3.8) is 0 Å². The van der Waals surface area contributed by atoms with Crippen LogP contribution in [0.4, 0.5) is 0 Å². The monoisotopic (exact) mass is 316 g/mol. The van der Waals surface area contributed by atoms with Gasteiger partial charge in [-0.05, 0) is 38.1 Å². The number of hydrogen-bond acceptors (Lipinski definition) is 2. The maximum atomic E-state index is 3.45. The van der Waals surface area contributed by atoms with Gasteiger partial charge in [-0.2, -0.15) is 0 Å². The molecule has 2 aromatic rings. The van der Waals surface area contributed by atoms with E-state index in [9.17, 15) is 0 Å². The molecule has 0 aliphatic carbocycles. The Morgan fingerprint density at radius 3 is 1.79 bits per heavy atom. The summed E-state index contributed by atoms with van der Waals surface area (Å²) in [5.74, 6) is 12.6. The third kappa shape index (κ3) is 7.16. The molecule has 0 fully saturated rings. The molecule has 0 heterocycles. The molecule has 0 radical (unpaired) electrons. The molecule has 2 rings (SSSR count). The predicted molar refractivity (Wildman–Crippen MR) is 102 cm³/mol. The Labute approximate surface area is 145 Å². The molecular weight excluding hydrogens is 292 g/mol. The lowest BCUT2D eigenvalue weighted by Gasteiger charge is -2.25. The maximum absolute atomic E-state index is 3.45. The van der Waals surface area contributed by atoms with Gasteiger partial charge in [-0.15, -0.1) is 0 Å². The zero-order valence-electron chi connectivity index (χ0n) is 14.4. The highest BCUT2D eigenvalue weighted by atomic mass is 15.0. The molecule has 2 heteroatoms. The van der Waals surface area contributed by atoms with Crippen LogP contribution in [0.5, 0.6) is 0 Å². The second-order valence-electron chi connectivity index (χ2n) is 6.18. The standard InChI is InChI=1S/C22H24N2/c1-22(2,24-18-10-16-21-13-7-4-8-14-21)19-23-17-9-15-20-11-5-3-6-12-20/h3-8,11-14,23-24H,17-19H2,1-2H3. The fourth-order valence-corrected chi connectivity index (χ4v) is 2.12. The highest BCUT2D eigenvalue weighted by Crippen LogP contribution is 1.99. The third-order valence-electron chi connectivity index (χ3n) is 3.45. The van der Waals surface area contributed by atoms with Gasteiger partial charge in [0.1, 0.15) is 0 Å². The van der Waals surface area contributed by atoms with Crippen molar-refractivity contribution in [2.24, 2.45) is 0 Å². The van der Waals surface area contributed by atoms with Crippen molar-refractivity contribution in [3.8, 4) is 23.7 Å². The highest BCUT2D eigenvalue weighted by Gasteiger charge is 2.14. The van der Waals surface area contributed by atoms with Crippen LogP contribution < -0.4 is 10.6 Å². The lowest BCUT2D eigenvalue weighted by molar-refractivity contribution is 0.390. The zero-order valence-corrected chi connectivity index (χ0v) is 14.4. The zero-order chi connectivity index (χ0) is 17.1. The van der Waals surface area contributed by atoms with Crippen LogP contribution in [-0.2, 0) is 0 Å². The fourth-order valence-electron chi connectivity index (χ4n) is 2.12. The van der Waals surface area contributed by atoms with Crippen LogP contribution >= 0.6 is 0 Å². The van der Waals surface area contributed by atoms with Gasteiger partial charge >= 0.3 is 0 Å². The minimum absolute atomic E-state index is 0.0280. The molecule has 0 aromatic heterocycles. The molecule has 0 atom stereocenters. The minimum Gasteiger partial charge on any atom is -0.304 e. The Kier molecular flexibility index (Phi) is 7.12. The van der Waals surface area contributed by atoms with Crippen LogP contribution in [0.25, 0.3) is 0 Å².